The van der Waals surface area contributed by atoms with Crippen LogP contribution in [0, 0.1) is 6.92 Å². The molecule has 0 unspecified atom stereocenters. The number of nitrogens with zero attached hydrogens (tertiary/aromatic N) is 1. The molecule has 0 aliphatic carbocycles. The van der Waals surface area contributed by atoms with Crippen molar-refractivity contribution in [3.05, 3.63) is 57.7 Å². The van der Waals surface area contributed by atoms with Crippen LogP contribution < -0.4 is 5.32 Å². The van der Waals surface area contributed by atoms with Crippen molar-refractivity contribution >= 4 is 33.6 Å². The van der Waals surface area contributed by atoms with Crippen LogP contribution >= 0.6 is 15.9 Å². The van der Waals surface area contributed by atoms with E-state index in [9.17, 15) is 9.59 Å². The molecule has 0 spiro atoms. The average Bonchev–Trinajstić information content (AvgIpc) is 2.41. The largest absolute Gasteiger partial charge is 0.478 e. The zero-order valence-corrected chi connectivity index (χ0v) is 12.1. The first-order valence-corrected chi connectivity index (χ1v) is 6.54. The number of halogens is 1. The Balaban J connectivity index is 2.31. The number of hydrogen-bond donors (Lipinski definition) is 2. The molecule has 0 atom stereocenters. The van der Waals surface area contributed by atoms with Crippen LogP contribution in [0.3, 0.4) is 0 Å². The minimum absolute atomic E-state index is 0.0479. The van der Waals surface area contributed by atoms with Gasteiger partial charge in [-0.15, -0.1) is 0 Å². The molecule has 6 heteroatoms. The van der Waals surface area contributed by atoms with Crippen LogP contribution in [-0.4, -0.2) is 22.0 Å². The van der Waals surface area contributed by atoms with Gasteiger partial charge in [0.05, 0.1) is 15.6 Å². The zero-order chi connectivity index (χ0) is 14.7. The van der Waals surface area contributed by atoms with Gasteiger partial charge in [-0.2, -0.15) is 0 Å². The first-order chi connectivity index (χ1) is 9.49. The van der Waals surface area contributed by atoms with Crippen molar-refractivity contribution < 1.29 is 14.7 Å². The minimum atomic E-state index is -1.15. The summed E-state index contributed by atoms with van der Waals surface area (Å²) in [5, 5.41) is 11.7. The fraction of sp³-hybridized carbons (Fsp3) is 0.0714. The van der Waals surface area contributed by atoms with E-state index < -0.39 is 11.9 Å². The van der Waals surface area contributed by atoms with Crippen LogP contribution in [0.15, 0.2) is 41.0 Å². The van der Waals surface area contributed by atoms with E-state index in [1.54, 1.807) is 18.3 Å². The van der Waals surface area contributed by atoms with E-state index in [1.807, 2.05) is 13.0 Å². The van der Waals surface area contributed by atoms with E-state index in [1.165, 1.54) is 12.1 Å². The number of carbonyl (C=O) groups is 2. The summed E-state index contributed by atoms with van der Waals surface area (Å²) in [5.74, 6) is -1.31. The highest BCUT2D eigenvalue weighted by Crippen LogP contribution is 2.21. The maximum absolute atomic E-state index is 12.1. The van der Waals surface area contributed by atoms with Crippen molar-refractivity contribution in [2.45, 2.75) is 6.92 Å². The lowest BCUT2D eigenvalue weighted by molar-refractivity contribution is 0.0692. The van der Waals surface area contributed by atoms with Gasteiger partial charge in [-0.3, -0.25) is 4.79 Å². The van der Waals surface area contributed by atoms with Crippen molar-refractivity contribution in [2.24, 2.45) is 0 Å². The lowest BCUT2D eigenvalue weighted by atomic mass is 10.1. The van der Waals surface area contributed by atoms with E-state index in [-0.39, 0.29) is 11.1 Å². The molecule has 0 aliphatic rings. The molecule has 1 aromatic carbocycles. The van der Waals surface area contributed by atoms with Gasteiger partial charge in [0, 0.05) is 6.20 Å². The topological polar surface area (TPSA) is 79.3 Å². The molecule has 1 aromatic heterocycles. The second-order valence-corrected chi connectivity index (χ2v) is 5.00. The number of hydrogen-bond acceptors (Lipinski definition) is 3. The van der Waals surface area contributed by atoms with Gasteiger partial charge in [0.2, 0.25) is 0 Å². The number of rotatable bonds is 3. The third-order valence-electron chi connectivity index (χ3n) is 2.61. The third kappa shape index (κ3) is 3.03. The first kappa shape index (κ1) is 14.2. The summed E-state index contributed by atoms with van der Waals surface area (Å²) >= 11 is 3.30. The summed E-state index contributed by atoms with van der Waals surface area (Å²) in [5.41, 5.74) is 0.989. The van der Waals surface area contributed by atoms with Gasteiger partial charge in [-0.05, 0) is 46.6 Å². The van der Waals surface area contributed by atoms with Crippen LogP contribution in [0.1, 0.15) is 26.3 Å². The summed E-state index contributed by atoms with van der Waals surface area (Å²) in [6.07, 6.45) is 1.61. The van der Waals surface area contributed by atoms with E-state index in [0.29, 0.717) is 10.3 Å². The third-order valence-corrected chi connectivity index (χ3v) is 3.22. The highest BCUT2D eigenvalue weighted by molar-refractivity contribution is 9.10. The fourth-order valence-corrected chi connectivity index (χ4v) is 2.23. The molecule has 0 saturated carbocycles. The Morgan fingerprint density at radius 2 is 1.90 bits per heavy atom. The summed E-state index contributed by atoms with van der Waals surface area (Å²) in [7, 11) is 0. The molecule has 2 N–H and O–H groups in total. The average molecular weight is 335 g/mol. The predicted molar refractivity (Wildman–Crippen MR) is 78.0 cm³/mol. The van der Waals surface area contributed by atoms with Gasteiger partial charge in [0.25, 0.3) is 5.91 Å². The second-order valence-electron chi connectivity index (χ2n) is 4.15. The second kappa shape index (κ2) is 5.83. The quantitative estimate of drug-likeness (QED) is 0.903. The lowest BCUT2D eigenvalue weighted by Crippen LogP contribution is -2.17. The Morgan fingerprint density at radius 3 is 2.50 bits per heavy atom. The number of pyridine rings is 1. The number of amides is 1. The molecule has 1 heterocycles. The zero-order valence-electron chi connectivity index (χ0n) is 10.6. The molecule has 102 valence electrons. The fourth-order valence-electron chi connectivity index (χ4n) is 1.67. The molecule has 0 saturated heterocycles. The van der Waals surface area contributed by atoms with Gasteiger partial charge in [0.1, 0.15) is 5.82 Å². The van der Waals surface area contributed by atoms with Crippen LogP contribution in [0.2, 0.25) is 0 Å². The normalized spacial score (nSPS) is 10.1. The van der Waals surface area contributed by atoms with Crippen molar-refractivity contribution in [3.8, 4) is 0 Å². The van der Waals surface area contributed by atoms with Crippen LogP contribution in [0.25, 0.3) is 0 Å². The smallest absolute Gasteiger partial charge is 0.336 e. The van der Waals surface area contributed by atoms with Gasteiger partial charge in [-0.25, -0.2) is 9.78 Å². The molecule has 0 bridgehead atoms. The van der Waals surface area contributed by atoms with E-state index in [4.69, 9.17) is 5.11 Å². The number of anilines is 1. The highest BCUT2D eigenvalue weighted by Gasteiger charge is 2.17. The molecule has 0 fully saturated rings. The maximum Gasteiger partial charge on any atom is 0.336 e. The molecule has 5 nitrogen and oxygen atoms in total. The number of carboxylic acid groups (broad SMARTS) is 1. The maximum atomic E-state index is 12.1. The molecule has 2 rings (SSSR count). The number of nitrogens with one attached hydrogen (secondary N) is 1. The number of aryl methyl sites for hydroxylation is 1. The van der Waals surface area contributed by atoms with Crippen molar-refractivity contribution in [3.63, 3.8) is 0 Å². The van der Waals surface area contributed by atoms with Gasteiger partial charge in [-0.1, -0.05) is 12.1 Å². The Kier molecular flexibility index (Phi) is 4.14. The van der Waals surface area contributed by atoms with E-state index in [0.717, 1.165) is 5.56 Å². The Hall–Kier alpha value is -2.21. The van der Waals surface area contributed by atoms with Crippen LogP contribution in [0.5, 0.6) is 0 Å². The number of aromatic nitrogens is 1. The van der Waals surface area contributed by atoms with Crippen LogP contribution in [-0.2, 0) is 0 Å². The van der Waals surface area contributed by atoms with Crippen molar-refractivity contribution in [1.82, 2.24) is 4.98 Å². The van der Waals surface area contributed by atoms with Crippen LogP contribution in [0.4, 0.5) is 5.82 Å². The SMILES string of the molecule is Cc1cnc(NC(=O)c2ccccc2C(=O)O)c(Br)c1. The number of carbonyl (C=O) groups excluding carboxylic acids is 1. The Labute approximate surface area is 123 Å². The van der Waals surface area contributed by atoms with Crippen molar-refractivity contribution in [2.75, 3.05) is 5.32 Å². The molecule has 0 aliphatic heterocycles. The standard InChI is InChI=1S/C14H11BrN2O3/c1-8-6-11(15)12(16-7-8)17-13(18)9-4-2-3-5-10(9)14(19)20/h2-7H,1H3,(H,19,20)(H,16,17,18). The number of benzene rings is 1. The molecule has 20 heavy (non-hydrogen) atoms. The molecule has 1 amide bonds. The number of carboxylic acids is 1. The van der Waals surface area contributed by atoms with Crippen molar-refractivity contribution in [1.29, 1.82) is 0 Å². The summed E-state index contributed by atoms with van der Waals surface area (Å²) in [4.78, 5) is 27.3. The van der Waals surface area contributed by atoms with E-state index >= 15 is 0 Å². The summed E-state index contributed by atoms with van der Waals surface area (Å²) < 4.78 is 0.638. The Bertz CT molecular complexity index is 686. The summed E-state index contributed by atoms with van der Waals surface area (Å²) in [6.45, 7) is 1.88. The van der Waals surface area contributed by atoms with Gasteiger partial charge in [0.15, 0.2) is 0 Å². The molecule has 2 aromatic rings. The predicted octanol–water partition coefficient (Wildman–Crippen LogP) is 3.10. The van der Waals surface area contributed by atoms with Gasteiger partial charge >= 0.3 is 5.97 Å². The monoisotopic (exact) mass is 334 g/mol. The highest BCUT2D eigenvalue weighted by atomic mass is 79.9. The molecular weight excluding hydrogens is 324 g/mol. The molecular formula is C14H11BrN2O3. The molecule has 0 radical (unpaired) electrons. The first-order valence-electron chi connectivity index (χ1n) is 5.75. The van der Waals surface area contributed by atoms with Gasteiger partial charge < -0.3 is 10.4 Å². The lowest BCUT2D eigenvalue weighted by Gasteiger charge is -2.08. The van der Waals surface area contributed by atoms with E-state index in [2.05, 4.69) is 26.2 Å². The minimum Gasteiger partial charge on any atom is -0.478 e. The number of aromatic carboxylic acids is 1. The Morgan fingerprint density at radius 1 is 1.25 bits per heavy atom. The summed E-state index contributed by atoms with van der Waals surface area (Å²) in [6, 6.07) is 7.83.